The van der Waals surface area contributed by atoms with E-state index < -0.39 is 11.9 Å². The third-order valence-corrected chi connectivity index (χ3v) is 5.39. The van der Waals surface area contributed by atoms with Crippen LogP contribution in [0.15, 0.2) is 12.1 Å². The first-order valence-corrected chi connectivity index (χ1v) is 7.74. The zero-order valence-corrected chi connectivity index (χ0v) is 12.2. The van der Waals surface area contributed by atoms with Crippen LogP contribution in [0, 0.1) is 17.8 Å². The van der Waals surface area contributed by atoms with Gasteiger partial charge in [-0.15, -0.1) is 11.3 Å². The molecule has 1 aromatic heterocycles. The summed E-state index contributed by atoms with van der Waals surface area (Å²) in [7, 11) is 0. The molecule has 0 amide bonds. The van der Waals surface area contributed by atoms with E-state index in [0.717, 1.165) is 24.1 Å². The van der Waals surface area contributed by atoms with Crippen LogP contribution in [-0.4, -0.2) is 16.9 Å². The van der Waals surface area contributed by atoms with Crippen LogP contribution in [0.1, 0.15) is 47.7 Å². The van der Waals surface area contributed by atoms with Crippen LogP contribution in [-0.2, 0) is 11.2 Å². The van der Waals surface area contributed by atoms with E-state index in [1.807, 2.05) is 12.1 Å². The van der Waals surface area contributed by atoms with E-state index in [0.29, 0.717) is 12.3 Å². The predicted molar refractivity (Wildman–Crippen MR) is 75.7 cm³/mol. The molecule has 1 aromatic rings. The van der Waals surface area contributed by atoms with Crippen LogP contribution >= 0.6 is 11.3 Å². The van der Waals surface area contributed by atoms with Gasteiger partial charge in [0, 0.05) is 10.8 Å². The molecule has 1 heterocycles. The number of hydrogen-bond acceptors (Lipinski definition) is 3. The Kier molecular flexibility index (Phi) is 4.40. The number of thiophene rings is 1. The minimum atomic E-state index is -0.818. The van der Waals surface area contributed by atoms with Gasteiger partial charge in [0.1, 0.15) is 0 Å². The summed E-state index contributed by atoms with van der Waals surface area (Å²) < 4.78 is 0. The lowest BCUT2D eigenvalue weighted by molar-refractivity contribution is -0.142. The highest BCUT2D eigenvalue weighted by molar-refractivity contribution is 7.14. The van der Waals surface area contributed by atoms with Gasteiger partial charge in [0.15, 0.2) is 5.78 Å². The topological polar surface area (TPSA) is 54.4 Å². The van der Waals surface area contributed by atoms with Crippen molar-refractivity contribution in [3.63, 3.8) is 0 Å². The summed E-state index contributed by atoms with van der Waals surface area (Å²) in [5.41, 5.74) is 0. The molecule has 4 heteroatoms. The molecule has 19 heavy (non-hydrogen) atoms. The molecular formula is C15H20O3S. The summed E-state index contributed by atoms with van der Waals surface area (Å²) >= 11 is 1.51. The number of aryl methyl sites for hydroxylation is 1. The summed E-state index contributed by atoms with van der Waals surface area (Å²) in [4.78, 5) is 25.7. The van der Waals surface area contributed by atoms with E-state index in [2.05, 4.69) is 13.8 Å². The van der Waals surface area contributed by atoms with E-state index in [1.165, 1.54) is 16.2 Å². The van der Waals surface area contributed by atoms with E-state index in [1.54, 1.807) is 0 Å². The monoisotopic (exact) mass is 280 g/mol. The predicted octanol–water partition coefficient (Wildman–Crippen LogP) is 3.63. The number of ketones is 1. The number of carbonyl (C=O) groups excluding carboxylic acids is 1. The number of carboxylic acid groups (broad SMARTS) is 1. The van der Waals surface area contributed by atoms with E-state index in [-0.39, 0.29) is 11.7 Å². The molecule has 0 aromatic carbocycles. The van der Waals surface area contributed by atoms with Crippen molar-refractivity contribution in [1.29, 1.82) is 0 Å². The van der Waals surface area contributed by atoms with Crippen LogP contribution in [0.5, 0.6) is 0 Å². The number of hydrogen-bond donors (Lipinski definition) is 1. The zero-order valence-electron chi connectivity index (χ0n) is 11.4. The van der Waals surface area contributed by atoms with Crippen LogP contribution in [0.25, 0.3) is 0 Å². The van der Waals surface area contributed by atoms with Crippen molar-refractivity contribution in [2.24, 2.45) is 17.8 Å². The van der Waals surface area contributed by atoms with Crippen molar-refractivity contribution < 1.29 is 14.7 Å². The van der Waals surface area contributed by atoms with Crippen molar-refractivity contribution >= 4 is 23.1 Å². The Hall–Kier alpha value is -1.16. The van der Waals surface area contributed by atoms with Gasteiger partial charge in [0.2, 0.25) is 0 Å². The molecule has 0 saturated heterocycles. The van der Waals surface area contributed by atoms with Gasteiger partial charge in [0.05, 0.1) is 10.8 Å². The number of Topliss-reactive ketones (excluding diaryl/α,β-unsaturated/α-hetero) is 1. The van der Waals surface area contributed by atoms with E-state index in [4.69, 9.17) is 0 Å². The lowest BCUT2D eigenvalue weighted by Crippen LogP contribution is -2.24. The van der Waals surface area contributed by atoms with Crippen molar-refractivity contribution in [2.45, 2.75) is 39.5 Å². The highest BCUT2D eigenvalue weighted by Gasteiger charge is 2.42. The molecule has 1 aliphatic rings. The molecule has 0 radical (unpaired) electrons. The zero-order chi connectivity index (χ0) is 14.0. The van der Waals surface area contributed by atoms with Crippen LogP contribution < -0.4 is 0 Å². The second-order valence-corrected chi connectivity index (χ2v) is 6.45. The second kappa shape index (κ2) is 5.87. The first kappa shape index (κ1) is 14.3. The van der Waals surface area contributed by atoms with Gasteiger partial charge >= 0.3 is 5.97 Å². The van der Waals surface area contributed by atoms with Crippen LogP contribution in [0.2, 0.25) is 0 Å². The molecule has 2 rings (SSSR count). The molecule has 0 spiro atoms. The minimum absolute atomic E-state index is 0.0352. The smallest absolute Gasteiger partial charge is 0.307 e. The Morgan fingerprint density at radius 2 is 1.95 bits per heavy atom. The normalized spacial score (nSPS) is 26.5. The average Bonchev–Trinajstić information content (AvgIpc) is 3.04. The summed E-state index contributed by atoms with van der Waals surface area (Å²) in [5, 5.41) is 9.30. The Morgan fingerprint density at radius 3 is 2.47 bits per heavy atom. The maximum Gasteiger partial charge on any atom is 0.307 e. The fourth-order valence-electron chi connectivity index (χ4n) is 2.92. The van der Waals surface area contributed by atoms with Gasteiger partial charge in [-0.1, -0.05) is 20.3 Å². The van der Waals surface area contributed by atoms with Crippen molar-refractivity contribution in [1.82, 2.24) is 0 Å². The van der Waals surface area contributed by atoms with Gasteiger partial charge in [-0.05, 0) is 37.3 Å². The first-order valence-electron chi connectivity index (χ1n) is 6.92. The quantitative estimate of drug-likeness (QED) is 0.838. The summed E-state index contributed by atoms with van der Waals surface area (Å²) in [6, 6.07) is 3.82. The fraction of sp³-hybridized carbons (Fsp3) is 0.600. The maximum atomic E-state index is 12.5. The molecule has 3 unspecified atom stereocenters. The SMILES string of the molecule is CCc1ccc(C(=O)C2CC(CC)CC2C(=O)O)s1. The number of carbonyl (C=O) groups is 2. The molecule has 1 saturated carbocycles. The molecule has 1 N–H and O–H groups in total. The summed E-state index contributed by atoms with van der Waals surface area (Å²) in [5.74, 6) is -1.23. The second-order valence-electron chi connectivity index (χ2n) is 5.28. The fourth-order valence-corrected chi connectivity index (χ4v) is 3.87. The van der Waals surface area contributed by atoms with Gasteiger partial charge in [-0.2, -0.15) is 0 Å². The van der Waals surface area contributed by atoms with Crippen LogP contribution in [0.4, 0.5) is 0 Å². The Bertz CT molecular complexity index is 477. The van der Waals surface area contributed by atoms with E-state index in [9.17, 15) is 14.7 Å². The molecule has 3 nitrogen and oxygen atoms in total. The lowest BCUT2D eigenvalue weighted by Gasteiger charge is -2.13. The molecule has 0 aliphatic heterocycles. The van der Waals surface area contributed by atoms with E-state index >= 15 is 0 Å². The Balaban J connectivity index is 2.18. The van der Waals surface area contributed by atoms with Gasteiger partial charge in [0.25, 0.3) is 0 Å². The molecule has 3 atom stereocenters. The molecule has 1 aliphatic carbocycles. The van der Waals surface area contributed by atoms with Crippen molar-refractivity contribution in [3.05, 3.63) is 21.9 Å². The molecule has 104 valence electrons. The third-order valence-electron chi connectivity index (χ3n) is 4.14. The molecule has 1 fully saturated rings. The standard InChI is InChI=1S/C15H20O3S/c1-3-9-7-11(12(8-9)15(17)18)14(16)13-6-5-10(4-2)19-13/h5-6,9,11-12H,3-4,7-8H2,1-2H3,(H,17,18). The Labute approximate surface area is 117 Å². The number of carboxylic acids is 1. The molecular weight excluding hydrogens is 260 g/mol. The van der Waals surface area contributed by atoms with Gasteiger partial charge in [-0.3, -0.25) is 9.59 Å². The number of aliphatic carboxylic acids is 1. The summed E-state index contributed by atoms with van der Waals surface area (Å²) in [6.07, 6.45) is 3.25. The van der Waals surface area contributed by atoms with Crippen LogP contribution in [0.3, 0.4) is 0 Å². The third kappa shape index (κ3) is 2.89. The van der Waals surface area contributed by atoms with Crippen molar-refractivity contribution in [3.8, 4) is 0 Å². The highest BCUT2D eigenvalue weighted by atomic mass is 32.1. The van der Waals surface area contributed by atoms with Crippen molar-refractivity contribution in [2.75, 3.05) is 0 Å². The maximum absolute atomic E-state index is 12.5. The largest absolute Gasteiger partial charge is 0.481 e. The first-order chi connectivity index (χ1) is 9.06. The Morgan fingerprint density at radius 1 is 1.26 bits per heavy atom. The van der Waals surface area contributed by atoms with Gasteiger partial charge in [-0.25, -0.2) is 0 Å². The molecule has 0 bridgehead atoms. The minimum Gasteiger partial charge on any atom is -0.481 e. The number of rotatable bonds is 5. The highest BCUT2D eigenvalue weighted by Crippen LogP contribution is 2.40. The van der Waals surface area contributed by atoms with Gasteiger partial charge < -0.3 is 5.11 Å². The summed E-state index contributed by atoms with van der Waals surface area (Å²) in [6.45, 7) is 4.12. The average molecular weight is 280 g/mol. The lowest BCUT2D eigenvalue weighted by atomic mass is 9.91.